The van der Waals surface area contributed by atoms with E-state index in [0.29, 0.717) is 30.4 Å². The molecule has 0 fully saturated rings. The monoisotopic (exact) mass is 282 g/mol. The molecule has 1 rings (SSSR count). The maximum Gasteiger partial charge on any atom is 0.231 e. The van der Waals surface area contributed by atoms with Crippen LogP contribution in [-0.2, 0) is 4.74 Å². The minimum absolute atomic E-state index is 0.395. The number of rotatable bonds is 9. The number of nitrogens with one attached hydrogen (secondary N) is 2. The van der Waals surface area contributed by atoms with Crippen molar-refractivity contribution >= 4 is 17.8 Å². The third-order valence-electron chi connectivity index (χ3n) is 2.62. The van der Waals surface area contributed by atoms with Crippen molar-refractivity contribution in [2.45, 2.75) is 20.3 Å². The third-order valence-corrected chi connectivity index (χ3v) is 2.62. The minimum atomic E-state index is 0.395. The first kappa shape index (κ1) is 16.4. The molecule has 0 saturated carbocycles. The molecule has 0 aromatic carbocycles. The highest BCUT2D eigenvalue weighted by molar-refractivity contribution is 5.42. The van der Waals surface area contributed by atoms with Crippen molar-refractivity contribution in [1.82, 2.24) is 15.0 Å². The Hall–Kier alpha value is -1.63. The molecule has 7 heteroatoms. The van der Waals surface area contributed by atoms with Crippen LogP contribution in [0.1, 0.15) is 20.3 Å². The number of nitrogens with zero attached hydrogens (tertiary/aromatic N) is 4. The molecule has 1 aromatic heterocycles. The molecule has 0 aliphatic carbocycles. The van der Waals surface area contributed by atoms with Gasteiger partial charge in [-0.1, -0.05) is 13.8 Å². The molecule has 0 radical (unpaired) electrons. The highest BCUT2D eigenvalue weighted by Gasteiger charge is 2.09. The highest BCUT2D eigenvalue weighted by atomic mass is 16.5. The van der Waals surface area contributed by atoms with Crippen molar-refractivity contribution in [3.63, 3.8) is 0 Å². The van der Waals surface area contributed by atoms with Gasteiger partial charge >= 0.3 is 0 Å². The van der Waals surface area contributed by atoms with E-state index in [1.54, 1.807) is 7.11 Å². The van der Waals surface area contributed by atoms with Crippen molar-refractivity contribution in [3.05, 3.63) is 0 Å². The molecule has 1 unspecified atom stereocenters. The summed E-state index contributed by atoms with van der Waals surface area (Å²) < 4.78 is 5.12. The van der Waals surface area contributed by atoms with E-state index in [1.807, 2.05) is 19.0 Å². The van der Waals surface area contributed by atoms with Crippen LogP contribution in [0.4, 0.5) is 17.8 Å². The van der Waals surface area contributed by atoms with E-state index in [9.17, 15) is 0 Å². The zero-order chi connectivity index (χ0) is 15.0. The molecule has 1 aromatic rings. The van der Waals surface area contributed by atoms with Gasteiger partial charge in [0, 0.05) is 34.3 Å². The second kappa shape index (κ2) is 8.52. The maximum atomic E-state index is 5.12. The average molecular weight is 282 g/mol. The number of anilines is 3. The Balaban J connectivity index is 2.74. The second-order valence-corrected chi connectivity index (χ2v) is 5.05. The summed E-state index contributed by atoms with van der Waals surface area (Å²) >= 11 is 0. The molecule has 0 aliphatic heterocycles. The van der Waals surface area contributed by atoms with Crippen LogP contribution in [0.3, 0.4) is 0 Å². The van der Waals surface area contributed by atoms with Crippen molar-refractivity contribution in [2.24, 2.45) is 5.92 Å². The summed E-state index contributed by atoms with van der Waals surface area (Å²) in [5.41, 5.74) is 0. The summed E-state index contributed by atoms with van der Waals surface area (Å²) in [5, 5.41) is 6.42. The number of aromatic nitrogens is 3. The molecule has 0 bridgehead atoms. The first-order valence-corrected chi connectivity index (χ1v) is 6.96. The van der Waals surface area contributed by atoms with E-state index in [-0.39, 0.29) is 0 Å². The van der Waals surface area contributed by atoms with Crippen LogP contribution < -0.4 is 15.5 Å². The molecule has 1 heterocycles. The first-order chi connectivity index (χ1) is 9.56. The van der Waals surface area contributed by atoms with Crippen LogP contribution in [-0.4, -0.2) is 55.9 Å². The fourth-order valence-corrected chi connectivity index (χ4v) is 1.57. The van der Waals surface area contributed by atoms with Crippen molar-refractivity contribution in [3.8, 4) is 0 Å². The molecule has 0 spiro atoms. The number of ether oxygens (including phenoxy) is 1. The minimum Gasteiger partial charge on any atom is -0.384 e. The van der Waals surface area contributed by atoms with E-state index >= 15 is 0 Å². The Morgan fingerprint density at radius 1 is 1.15 bits per heavy atom. The van der Waals surface area contributed by atoms with Crippen LogP contribution in [0.15, 0.2) is 0 Å². The van der Waals surface area contributed by atoms with Gasteiger partial charge in [0.1, 0.15) is 0 Å². The Labute approximate surface area is 121 Å². The van der Waals surface area contributed by atoms with Gasteiger partial charge in [-0.05, 0) is 12.3 Å². The zero-order valence-electron chi connectivity index (χ0n) is 13.1. The van der Waals surface area contributed by atoms with E-state index in [2.05, 4.69) is 39.4 Å². The van der Waals surface area contributed by atoms with E-state index < -0.39 is 0 Å². The number of methoxy groups -OCH3 is 1. The molecule has 7 nitrogen and oxygen atoms in total. The maximum absolute atomic E-state index is 5.12. The van der Waals surface area contributed by atoms with Crippen molar-refractivity contribution in [1.29, 1.82) is 0 Å². The Bertz CT molecular complexity index is 398. The molecule has 0 saturated heterocycles. The molecule has 114 valence electrons. The Morgan fingerprint density at radius 3 is 2.35 bits per heavy atom. The van der Waals surface area contributed by atoms with Crippen LogP contribution >= 0.6 is 0 Å². The van der Waals surface area contributed by atoms with E-state index in [0.717, 1.165) is 19.5 Å². The highest BCUT2D eigenvalue weighted by Crippen LogP contribution is 2.12. The van der Waals surface area contributed by atoms with Gasteiger partial charge in [-0.15, -0.1) is 0 Å². The lowest BCUT2D eigenvalue weighted by atomic mass is 10.2. The van der Waals surface area contributed by atoms with Gasteiger partial charge in [0.15, 0.2) is 0 Å². The lowest BCUT2D eigenvalue weighted by Crippen LogP contribution is -2.20. The summed E-state index contributed by atoms with van der Waals surface area (Å²) in [6, 6.07) is 0. The molecular weight excluding hydrogens is 256 g/mol. The summed E-state index contributed by atoms with van der Waals surface area (Å²) in [6.07, 6.45) is 1.02. The molecular formula is C13H26N6O. The van der Waals surface area contributed by atoms with E-state index in [1.165, 1.54) is 0 Å². The molecule has 20 heavy (non-hydrogen) atoms. The van der Waals surface area contributed by atoms with Gasteiger partial charge in [-0.25, -0.2) is 0 Å². The normalized spacial score (nSPS) is 12.1. The van der Waals surface area contributed by atoms with Crippen LogP contribution in [0.5, 0.6) is 0 Å². The molecule has 2 N–H and O–H groups in total. The van der Waals surface area contributed by atoms with Crippen molar-refractivity contribution in [2.75, 3.05) is 56.4 Å². The Kier molecular flexibility index (Phi) is 7.00. The Morgan fingerprint density at radius 2 is 1.80 bits per heavy atom. The second-order valence-electron chi connectivity index (χ2n) is 5.05. The quantitative estimate of drug-likeness (QED) is 0.710. The molecule has 0 aliphatic rings. The van der Waals surface area contributed by atoms with Gasteiger partial charge in [-0.2, -0.15) is 15.0 Å². The fourth-order valence-electron chi connectivity index (χ4n) is 1.57. The van der Waals surface area contributed by atoms with Gasteiger partial charge in [0.2, 0.25) is 17.8 Å². The standard InChI is InChI=1S/C13H26N6O/c1-6-7-14-11-16-12(15-8-10(2)9-20-5)18-13(17-11)19(3)4/h10H,6-9H2,1-5H3,(H2,14,15,16,17,18). The number of hydrogen-bond donors (Lipinski definition) is 2. The summed E-state index contributed by atoms with van der Waals surface area (Å²) in [5.74, 6) is 2.23. The predicted octanol–water partition coefficient (Wildman–Crippen LogP) is 1.45. The molecule has 1 atom stereocenters. The predicted molar refractivity (Wildman–Crippen MR) is 82.5 cm³/mol. The largest absolute Gasteiger partial charge is 0.384 e. The zero-order valence-corrected chi connectivity index (χ0v) is 13.1. The SMILES string of the molecule is CCCNc1nc(NCC(C)COC)nc(N(C)C)n1. The van der Waals surface area contributed by atoms with Gasteiger partial charge in [0.25, 0.3) is 0 Å². The average Bonchev–Trinajstić information content (AvgIpc) is 2.43. The summed E-state index contributed by atoms with van der Waals surface area (Å²) in [7, 11) is 5.53. The lowest BCUT2D eigenvalue weighted by Gasteiger charge is -2.15. The van der Waals surface area contributed by atoms with Crippen LogP contribution in [0.25, 0.3) is 0 Å². The van der Waals surface area contributed by atoms with Gasteiger partial charge in [-0.3, -0.25) is 0 Å². The van der Waals surface area contributed by atoms with Gasteiger partial charge in [0.05, 0.1) is 6.61 Å². The van der Waals surface area contributed by atoms with Crippen LogP contribution in [0.2, 0.25) is 0 Å². The molecule has 0 amide bonds. The summed E-state index contributed by atoms with van der Waals surface area (Å²) in [6.45, 7) is 6.53. The number of hydrogen-bond acceptors (Lipinski definition) is 7. The smallest absolute Gasteiger partial charge is 0.231 e. The van der Waals surface area contributed by atoms with E-state index in [4.69, 9.17) is 4.74 Å². The topological polar surface area (TPSA) is 75.2 Å². The fraction of sp³-hybridized carbons (Fsp3) is 0.769. The van der Waals surface area contributed by atoms with Crippen molar-refractivity contribution < 1.29 is 4.74 Å². The van der Waals surface area contributed by atoms with Crippen LogP contribution in [0, 0.1) is 5.92 Å². The first-order valence-electron chi connectivity index (χ1n) is 6.96. The van der Waals surface area contributed by atoms with Gasteiger partial charge < -0.3 is 20.3 Å². The third kappa shape index (κ3) is 5.56. The lowest BCUT2D eigenvalue weighted by molar-refractivity contribution is 0.164. The summed E-state index contributed by atoms with van der Waals surface area (Å²) in [4.78, 5) is 15.0.